The molecule has 2 rings (SSSR count). The minimum Gasteiger partial charge on any atom is -0.496 e. The van der Waals surface area contributed by atoms with Gasteiger partial charge < -0.3 is 14.6 Å². The summed E-state index contributed by atoms with van der Waals surface area (Å²) in [6.45, 7) is 0.792. The molecule has 0 amide bonds. The van der Waals surface area contributed by atoms with E-state index >= 15 is 0 Å². The first-order valence-electron chi connectivity index (χ1n) is 4.79. The van der Waals surface area contributed by atoms with Crippen LogP contribution in [0.2, 0.25) is 0 Å². The zero-order chi connectivity index (χ0) is 9.97. The third-order valence-electron chi connectivity index (χ3n) is 2.33. The Balaban J connectivity index is 2.20. The molecular weight excluding hydrogens is 178 g/mol. The van der Waals surface area contributed by atoms with Crippen molar-refractivity contribution in [3.8, 4) is 0 Å². The molecule has 1 unspecified atom stereocenters. The smallest absolute Gasteiger partial charge is 0.115 e. The first-order chi connectivity index (χ1) is 6.81. The molecule has 0 spiro atoms. The maximum atomic E-state index is 5.52. The summed E-state index contributed by atoms with van der Waals surface area (Å²) in [6, 6.07) is 0.0960. The lowest BCUT2D eigenvalue weighted by molar-refractivity contribution is 0.217. The predicted octanol–water partition coefficient (Wildman–Crippen LogP) is 0.985. The predicted molar refractivity (Wildman–Crippen MR) is 53.7 cm³/mol. The summed E-state index contributed by atoms with van der Waals surface area (Å²) in [6.07, 6.45) is 6.93. The van der Waals surface area contributed by atoms with E-state index in [1.807, 2.05) is 24.9 Å². The van der Waals surface area contributed by atoms with Gasteiger partial charge in [0.15, 0.2) is 0 Å². The molecule has 76 valence electrons. The molecule has 0 saturated heterocycles. The number of hydrogen-bond donors (Lipinski definition) is 1. The summed E-state index contributed by atoms with van der Waals surface area (Å²) < 4.78 is 7.46. The molecule has 4 heteroatoms. The number of aromatic nitrogens is 2. The normalized spacial score (nSPS) is 17.7. The Labute approximate surface area is 83.6 Å². The second kappa shape index (κ2) is 3.84. The number of ether oxygens (including phenoxy) is 1. The Hall–Kier alpha value is -1.29. The molecule has 0 aliphatic carbocycles. The largest absolute Gasteiger partial charge is 0.496 e. The fourth-order valence-electron chi connectivity index (χ4n) is 1.66. The lowest BCUT2D eigenvalue weighted by Gasteiger charge is -2.14. The highest BCUT2D eigenvalue weighted by Crippen LogP contribution is 2.24. The monoisotopic (exact) mass is 193 g/mol. The van der Waals surface area contributed by atoms with Crippen molar-refractivity contribution in [3.63, 3.8) is 0 Å². The Bertz CT molecular complexity index is 343. The van der Waals surface area contributed by atoms with Crippen molar-refractivity contribution in [1.29, 1.82) is 0 Å². The van der Waals surface area contributed by atoms with Crippen LogP contribution in [-0.4, -0.2) is 23.2 Å². The van der Waals surface area contributed by atoms with Crippen molar-refractivity contribution < 1.29 is 4.74 Å². The minimum atomic E-state index is 0.0960. The van der Waals surface area contributed by atoms with Crippen LogP contribution in [0.1, 0.15) is 18.2 Å². The van der Waals surface area contributed by atoms with Crippen molar-refractivity contribution in [1.82, 2.24) is 14.9 Å². The number of rotatable bonds is 3. The molecule has 0 bridgehead atoms. The van der Waals surface area contributed by atoms with Crippen LogP contribution < -0.4 is 5.32 Å². The third-order valence-corrected chi connectivity index (χ3v) is 2.33. The van der Waals surface area contributed by atoms with Crippen LogP contribution in [0.4, 0.5) is 0 Å². The van der Waals surface area contributed by atoms with Gasteiger partial charge in [-0.05, 0) is 13.1 Å². The number of nitrogens with one attached hydrogen (secondary N) is 1. The molecule has 0 saturated carbocycles. The standard InChI is InChI=1S/C10H15N3O/c1-11-10(9-4-3-5-14-9)8-6-13(2)7-12-8/h4,6-7,10-11H,3,5H2,1-2H3. The van der Waals surface area contributed by atoms with Crippen molar-refractivity contribution in [2.75, 3.05) is 13.7 Å². The van der Waals surface area contributed by atoms with Gasteiger partial charge in [-0.2, -0.15) is 0 Å². The molecule has 1 aliphatic heterocycles. The van der Waals surface area contributed by atoms with Crippen molar-refractivity contribution >= 4 is 0 Å². The van der Waals surface area contributed by atoms with Crippen molar-refractivity contribution in [2.45, 2.75) is 12.5 Å². The molecule has 0 aromatic carbocycles. The van der Waals surface area contributed by atoms with Crippen molar-refractivity contribution in [2.24, 2.45) is 7.05 Å². The van der Waals surface area contributed by atoms with Gasteiger partial charge in [0, 0.05) is 19.7 Å². The highest BCUT2D eigenvalue weighted by Gasteiger charge is 2.20. The average Bonchev–Trinajstić information content (AvgIpc) is 2.79. The SMILES string of the molecule is CNC(C1=CCCO1)c1cn(C)cn1. The second-order valence-electron chi connectivity index (χ2n) is 3.43. The van der Waals surface area contributed by atoms with E-state index in [0.717, 1.165) is 24.5 Å². The quantitative estimate of drug-likeness (QED) is 0.778. The Morgan fingerprint density at radius 3 is 3.00 bits per heavy atom. The zero-order valence-corrected chi connectivity index (χ0v) is 8.53. The van der Waals surface area contributed by atoms with E-state index in [0.29, 0.717) is 0 Å². The van der Waals surface area contributed by atoms with Crippen LogP contribution in [0.15, 0.2) is 24.4 Å². The molecule has 1 aromatic heterocycles. The molecule has 1 atom stereocenters. The van der Waals surface area contributed by atoms with Gasteiger partial charge in [-0.3, -0.25) is 0 Å². The van der Waals surface area contributed by atoms with E-state index < -0.39 is 0 Å². The van der Waals surface area contributed by atoms with E-state index in [9.17, 15) is 0 Å². The first kappa shape index (κ1) is 9.27. The number of imidazole rings is 1. The minimum absolute atomic E-state index is 0.0960. The van der Waals surface area contributed by atoms with Gasteiger partial charge in [0.25, 0.3) is 0 Å². The number of likely N-dealkylation sites (N-methyl/N-ethyl adjacent to an activating group) is 1. The molecule has 1 aliphatic rings. The highest BCUT2D eigenvalue weighted by molar-refractivity contribution is 5.18. The van der Waals surface area contributed by atoms with Gasteiger partial charge in [-0.25, -0.2) is 4.98 Å². The first-order valence-corrected chi connectivity index (χ1v) is 4.79. The fraction of sp³-hybridized carbons (Fsp3) is 0.500. The van der Waals surface area contributed by atoms with Crippen LogP contribution >= 0.6 is 0 Å². The summed E-state index contributed by atoms with van der Waals surface area (Å²) >= 11 is 0. The van der Waals surface area contributed by atoms with Gasteiger partial charge in [-0.1, -0.05) is 0 Å². The Kier molecular flexibility index (Phi) is 2.54. The van der Waals surface area contributed by atoms with E-state index in [4.69, 9.17) is 4.74 Å². The Morgan fingerprint density at radius 2 is 2.50 bits per heavy atom. The molecule has 0 radical (unpaired) electrons. The van der Waals surface area contributed by atoms with Gasteiger partial charge in [0.2, 0.25) is 0 Å². The van der Waals surface area contributed by atoms with Crippen LogP contribution in [0.25, 0.3) is 0 Å². The molecule has 14 heavy (non-hydrogen) atoms. The van der Waals surface area contributed by atoms with Crippen LogP contribution in [0, 0.1) is 0 Å². The summed E-state index contributed by atoms with van der Waals surface area (Å²) in [5, 5.41) is 3.20. The maximum absolute atomic E-state index is 5.52. The van der Waals surface area contributed by atoms with E-state index in [2.05, 4.69) is 16.4 Å². The number of hydrogen-bond acceptors (Lipinski definition) is 3. The molecular formula is C10H15N3O. The number of nitrogens with zero attached hydrogens (tertiary/aromatic N) is 2. The molecule has 4 nitrogen and oxygen atoms in total. The fourth-order valence-corrected chi connectivity index (χ4v) is 1.66. The van der Waals surface area contributed by atoms with E-state index in [1.165, 1.54) is 0 Å². The summed E-state index contributed by atoms with van der Waals surface area (Å²) in [5.41, 5.74) is 1.00. The molecule has 1 aromatic rings. The zero-order valence-electron chi connectivity index (χ0n) is 8.53. The summed E-state index contributed by atoms with van der Waals surface area (Å²) in [7, 11) is 3.88. The van der Waals surface area contributed by atoms with Crippen molar-refractivity contribution in [3.05, 3.63) is 30.1 Å². The Morgan fingerprint density at radius 1 is 1.64 bits per heavy atom. The maximum Gasteiger partial charge on any atom is 0.115 e. The van der Waals surface area contributed by atoms with Crippen LogP contribution in [0.3, 0.4) is 0 Å². The highest BCUT2D eigenvalue weighted by atomic mass is 16.5. The summed E-state index contributed by atoms with van der Waals surface area (Å²) in [5.74, 6) is 0.992. The lowest BCUT2D eigenvalue weighted by Crippen LogP contribution is -2.19. The van der Waals surface area contributed by atoms with Gasteiger partial charge in [0.1, 0.15) is 11.8 Å². The summed E-state index contributed by atoms with van der Waals surface area (Å²) in [4.78, 5) is 4.31. The molecule has 2 heterocycles. The van der Waals surface area contributed by atoms with Gasteiger partial charge >= 0.3 is 0 Å². The van der Waals surface area contributed by atoms with Gasteiger partial charge in [-0.15, -0.1) is 0 Å². The average molecular weight is 193 g/mol. The van der Waals surface area contributed by atoms with Crippen LogP contribution in [0.5, 0.6) is 0 Å². The van der Waals surface area contributed by atoms with Crippen LogP contribution in [-0.2, 0) is 11.8 Å². The molecule has 0 fully saturated rings. The van der Waals surface area contributed by atoms with Gasteiger partial charge in [0.05, 0.1) is 18.6 Å². The molecule has 1 N–H and O–H groups in total. The van der Waals surface area contributed by atoms with E-state index in [-0.39, 0.29) is 6.04 Å². The topological polar surface area (TPSA) is 39.1 Å². The van der Waals surface area contributed by atoms with E-state index in [1.54, 1.807) is 6.33 Å². The third kappa shape index (κ3) is 1.65. The second-order valence-corrected chi connectivity index (χ2v) is 3.43. The lowest BCUT2D eigenvalue weighted by atomic mass is 10.2. The number of aryl methyl sites for hydroxylation is 1.